The van der Waals surface area contributed by atoms with Crippen LogP contribution in [0, 0.1) is 33.5 Å². The Labute approximate surface area is 112 Å². The lowest BCUT2D eigenvalue weighted by Gasteiger charge is -2.13. The molecule has 0 amide bonds. The number of nitrogens with one attached hydrogen (secondary N) is 1. The van der Waals surface area contributed by atoms with Gasteiger partial charge in [-0.1, -0.05) is 6.07 Å². The van der Waals surface area contributed by atoms with Crippen molar-refractivity contribution in [2.75, 3.05) is 12.4 Å². The van der Waals surface area contributed by atoms with E-state index < -0.39 is 0 Å². The standard InChI is InChI=1S/C15H18FN3/c1-8-6-9(2)13(12(16)7-8)14-15(17-5)19-11(4)10(3)18-14/h6-7H,1-5H3,(H,17,19). The highest BCUT2D eigenvalue weighted by molar-refractivity contribution is 5.75. The SMILES string of the molecule is CNc1nc(C)c(C)nc1-c1c(C)cc(C)cc1F. The molecule has 0 aliphatic heterocycles. The van der Waals surface area contributed by atoms with Gasteiger partial charge in [0, 0.05) is 12.6 Å². The molecule has 19 heavy (non-hydrogen) atoms. The minimum absolute atomic E-state index is 0.258. The van der Waals surface area contributed by atoms with Gasteiger partial charge in [-0.15, -0.1) is 0 Å². The Hall–Kier alpha value is -1.97. The monoisotopic (exact) mass is 259 g/mol. The lowest BCUT2D eigenvalue weighted by atomic mass is 10.0. The van der Waals surface area contributed by atoms with Crippen LogP contribution in [0.4, 0.5) is 10.2 Å². The van der Waals surface area contributed by atoms with E-state index in [2.05, 4.69) is 15.3 Å². The van der Waals surface area contributed by atoms with Crippen molar-refractivity contribution in [3.63, 3.8) is 0 Å². The summed E-state index contributed by atoms with van der Waals surface area (Å²) in [6.07, 6.45) is 0. The van der Waals surface area contributed by atoms with Gasteiger partial charge >= 0.3 is 0 Å². The first-order valence-corrected chi connectivity index (χ1v) is 6.24. The second kappa shape index (κ2) is 4.96. The molecule has 1 N–H and O–H groups in total. The first-order valence-electron chi connectivity index (χ1n) is 6.24. The molecule has 1 heterocycles. The molecular weight excluding hydrogens is 241 g/mol. The van der Waals surface area contributed by atoms with E-state index in [1.165, 1.54) is 6.07 Å². The summed E-state index contributed by atoms with van der Waals surface area (Å²) in [7, 11) is 1.77. The van der Waals surface area contributed by atoms with Crippen molar-refractivity contribution in [3.05, 3.63) is 40.5 Å². The van der Waals surface area contributed by atoms with Gasteiger partial charge in [-0.25, -0.2) is 14.4 Å². The van der Waals surface area contributed by atoms with Gasteiger partial charge in [-0.2, -0.15) is 0 Å². The van der Waals surface area contributed by atoms with E-state index in [9.17, 15) is 4.39 Å². The maximum absolute atomic E-state index is 14.3. The Morgan fingerprint density at radius 1 is 1.00 bits per heavy atom. The molecule has 2 aromatic rings. The number of aromatic nitrogens is 2. The Morgan fingerprint density at radius 2 is 1.63 bits per heavy atom. The number of hydrogen-bond acceptors (Lipinski definition) is 3. The van der Waals surface area contributed by atoms with Gasteiger partial charge in [-0.05, 0) is 44.9 Å². The van der Waals surface area contributed by atoms with E-state index >= 15 is 0 Å². The number of benzene rings is 1. The lowest BCUT2D eigenvalue weighted by molar-refractivity contribution is 0.628. The molecule has 0 saturated heterocycles. The van der Waals surface area contributed by atoms with Crippen LogP contribution in [0.5, 0.6) is 0 Å². The molecule has 0 aliphatic rings. The summed E-state index contributed by atoms with van der Waals surface area (Å²) in [5.74, 6) is 0.348. The van der Waals surface area contributed by atoms with Crippen LogP contribution >= 0.6 is 0 Å². The van der Waals surface area contributed by atoms with Crippen LogP contribution in [0.25, 0.3) is 11.3 Å². The minimum atomic E-state index is -0.258. The lowest BCUT2D eigenvalue weighted by Crippen LogP contribution is -2.05. The quantitative estimate of drug-likeness (QED) is 0.896. The third-order valence-electron chi connectivity index (χ3n) is 3.21. The van der Waals surface area contributed by atoms with Crippen molar-refractivity contribution >= 4 is 5.82 Å². The fraction of sp³-hybridized carbons (Fsp3) is 0.333. The molecule has 0 saturated carbocycles. The molecule has 0 bridgehead atoms. The number of rotatable bonds is 2. The molecule has 0 aliphatic carbocycles. The summed E-state index contributed by atoms with van der Waals surface area (Å²) in [5.41, 5.74) is 4.52. The maximum Gasteiger partial charge on any atom is 0.152 e. The number of nitrogens with zero attached hydrogens (tertiary/aromatic N) is 2. The van der Waals surface area contributed by atoms with Gasteiger partial charge < -0.3 is 5.32 Å². The van der Waals surface area contributed by atoms with Crippen LogP contribution in [0.2, 0.25) is 0 Å². The van der Waals surface area contributed by atoms with Crippen LogP contribution in [-0.2, 0) is 0 Å². The van der Waals surface area contributed by atoms with Crippen molar-refractivity contribution in [1.82, 2.24) is 9.97 Å². The molecule has 1 aromatic carbocycles. The minimum Gasteiger partial charge on any atom is -0.371 e. The van der Waals surface area contributed by atoms with Gasteiger partial charge in [0.2, 0.25) is 0 Å². The summed E-state index contributed by atoms with van der Waals surface area (Å²) >= 11 is 0. The number of anilines is 1. The largest absolute Gasteiger partial charge is 0.371 e. The fourth-order valence-electron chi connectivity index (χ4n) is 2.17. The third-order valence-corrected chi connectivity index (χ3v) is 3.21. The average Bonchev–Trinajstić information content (AvgIpc) is 2.32. The molecule has 2 rings (SSSR count). The van der Waals surface area contributed by atoms with E-state index in [-0.39, 0.29) is 5.82 Å². The molecule has 0 unspecified atom stereocenters. The topological polar surface area (TPSA) is 37.8 Å². The van der Waals surface area contributed by atoms with Gasteiger partial charge in [0.1, 0.15) is 11.5 Å². The van der Waals surface area contributed by atoms with Gasteiger partial charge in [-0.3, -0.25) is 0 Å². The van der Waals surface area contributed by atoms with E-state index in [1.807, 2.05) is 33.8 Å². The zero-order valence-electron chi connectivity index (χ0n) is 11.9. The first kappa shape index (κ1) is 13.5. The Balaban J connectivity index is 2.75. The maximum atomic E-state index is 14.3. The Bertz CT molecular complexity index is 613. The van der Waals surface area contributed by atoms with Crippen molar-refractivity contribution in [2.45, 2.75) is 27.7 Å². The second-order valence-corrected chi connectivity index (χ2v) is 4.78. The van der Waals surface area contributed by atoms with Crippen LogP contribution in [-0.4, -0.2) is 17.0 Å². The van der Waals surface area contributed by atoms with Crippen molar-refractivity contribution in [1.29, 1.82) is 0 Å². The zero-order valence-corrected chi connectivity index (χ0v) is 11.9. The smallest absolute Gasteiger partial charge is 0.152 e. The van der Waals surface area contributed by atoms with Crippen molar-refractivity contribution in [2.24, 2.45) is 0 Å². The molecule has 1 aromatic heterocycles. The predicted octanol–water partition coefficient (Wildman–Crippen LogP) is 3.56. The fourth-order valence-corrected chi connectivity index (χ4v) is 2.17. The van der Waals surface area contributed by atoms with Crippen LogP contribution < -0.4 is 5.32 Å². The van der Waals surface area contributed by atoms with Crippen LogP contribution in [0.3, 0.4) is 0 Å². The molecule has 0 atom stereocenters. The van der Waals surface area contributed by atoms with Crippen molar-refractivity contribution in [3.8, 4) is 11.3 Å². The van der Waals surface area contributed by atoms with E-state index in [0.717, 1.165) is 22.5 Å². The van der Waals surface area contributed by atoms with Crippen LogP contribution in [0.1, 0.15) is 22.5 Å². The van der Waals surface area contributed by atoms with Crippen molar-refractivity contribution < 1.29 is 4.39 Å². The summed E-state index contributed by atoms with van der Waals surface area (Å²) in [4.78, 5) is 8.93. The molecule has 100 valence electrons. The highest BCUT2D eigenvalue weighted by atomic mass is 19.1. The Morgan fingerprint density at radius 3 is 2.21 bits per heavy atom. The number of aryl methyl sites for hydroxylation is 4. The molecule has 0 radical (unpaired) electrons. The average molecular weight is 259 g/mol. The number of hydrogen-bond donors (Lipinski definition) is 1. The van der Waals surface area contributed by atoms with E-state index in [0.29, 0.717) is 17.1 Å². The highest BCUT2D eigenvalue weighted by Crippen LogP contribution is 2.31. The molecule has 0 fully saturated rings. The zero-order chi connectivity index (χ0) is 14.2. The van der Waals surface area contributed by atoms with Gasteiger partial charge in [0.05, 0.1) is 11.4 Å². The first-order chi connectivity index (χ1) is 8.93. The van der Waals surface area contributed by atoms with Gasteiger partial charge in [0.15, 0.2) is 5.82 Å². The van der Waals surface area contributed by atoms with E-state index in [1.54, 1.807) is 7.05 Å². The highest BCUT2D eigenvalue weighted by Gasteiger charge is 2.16. The summed E-state index contributed by atoms with van der Waals surface area (Å²) in [6, 6.07) is 3.48. The van der Waals surface area contributed by atoms with Crippen LogP contribution in [0.15, 0.2) is 12.1 Å². The predicted molar refractivity (Wildman–Crippen MR) is 75.9 cm³/mol. The third kappa shape index (κ3) is 2.43. The summed E-state index contributed by atoms with van der Waals surface area (Å²) < 4.78 is 14.3. The molecule has 4 heteroatoms. The summed E-state index contributed by atoms with van der Waals surface area (Å²) in [5, 5.41) is 2.99. The second-order valence-electron chi connectivity index (χ2n) is 4.78. The van der Waals surface area contributed by atoms with Gasteiger partial charge in [0.25, 0.3) is 0 Å². The van der Waals surface area contributed by atoms with E-state index in [4.69, 9.17) is 0 Å². The normalized spacial score (nSPS) is 10.6. The Kier molecular flexibility index (Phi) is 3.51. The summed E-state index contributed by atoms with van der Waals surface area (Å²) in [6.45, 7) is 7.55. The molecule has 0 spiro atoms. The molecular formula is C15H18FN3. The number of halogens is 1. The molecule has 3 nitrogen and oxygen atoms in total.